The summed E-state index contributed by atoms with van der Waals surface area (Å²) in [6, 6.07) is 9.17. The molecular weight excluding hydrogens is 362 g/mol. The molecule has 5 nitrogen and oxygen atoms in total. The highest BCUT2D eigenvalue weighted by molar-refractivity contribution is 6.30. The first kappa shape index (κ1) is 19.4. The van der Waals surface area contributed by atoms with Crippen molar-refractivity contribution < 1.29 is 9.59 Å². The molecule has 0 unspecified atom stereocenters. The highest BCUT2D eigenvalue weighted by Gasteiger charge is 2.22. The van der Waals surface area contributed by atoms with Crippen molar-refractivity contribution in [2.24, 2.45) is 5.92 Å². The van der Waals surface area contributed by atoms with E-state index in [9.17, 15) is 9.59 Å². The number of rotatable bonds is 5. The zero-order valence-corrected chi connectivity index (χ0v) is 16.2. The molecule has 0 aliphatic carbocycles. The molecule has 3 rings (SSSR count). The lowest BCUT2D eigenvalue weighted by Gasteiger charge is -2.30. The van der Waals surface area contributed by atoms with Crippen LogP contribution < -0.4 is 5.32 Å². The third-order valence-electron chi connectivity index (χ3n) is 4.93. The smallest absolute Gasteiger partial charge is 0.255 e. The average Bonchev–Trinajstić information content (AvgIpc) is 2.69. The monoisotopic (exact) mass is 385 g/mol. The largest absolute Gasteiger partial charge is 0.352 e. The molecule has 142 valence electrons. The molecule has 0 atom stereocenters. The first-order valence-corrected chi connectivity index (χ1v) is 9.67. The maximum atomic E-state index is 12.7. The third-order valence-corrected chi connectivity index (χ3v) is 5.18. The normalized spacial score (nSPS) is 14.8. The zero-order chi connectivity index (χ0) is 19.2. The topological polar surface area (TPSA) is 62.3 Å². The minimum Gasteiger partial charge on any atom is -0.352 e. The van der Waals surface area contributed by atoms with Crippen LogP contribution in [0.4, 0.5) is 0 Å². The van der Waals surface area contributed by atoms with Gasteiger partial charge in [0.1, 0.15) is 0 Å². The van der Waals surface area contributed by atoms with Gasteiger partial charge in [0.15, 0.2) is 0 Å². The van der Waals surface area contributed by atoms with Gasteiger partial charge in [-0.1, -0.05) is 30.7 Å². The molecule has 27 heavy (non-hydrogen) atoms. The van der Waals surface area contributed by atoms with E-state index in [4.69, 9.17) is 11.6 Å². The van der Waals surface area contributed by atoms with E-state index in [1.165, 1.54) is 12.4 Å². The highest BCUT2D eigenvalue weighted by atomic mass is 35.5. The van der Waals surface area contributed by atoms with E-state index >= 15 is 0 Å². The Kier molecular flexibility index (Phi) is 6.45. The van der Waals surface area contributed by atoms with Crippen LogP contribution in [0.2, 0.25) is 5.02 Å². The zero-order valence-electron chi connectivity index (χ0n) is 15.5. The van der Waals surface area contributed by atoms with Gasteiger partial charge in [-0.2, -0.15) is 0 Å². The van der Waals surface area contributed by atoms with Crippen molar-refractivity contribution in [3.05, 3.63) is 64.4 Å². The van der Waals surface area contributed by atoms with E-state index in [0.29, 0.717) is 35.0 Å². The summed E-state index contributed by atoms with van der Waals surface area (Å²) < 4.78 is 0. The molecular formula is C21H24ClN3O2. The average molecular weight is 386 g/mol. The Morgan fingerprint density at radius 3 is 2.52 bits per heavy atom. The van der Waals surface area contributed by atoms with Gasteiger partial charge in [0.2, 0.25) is 0 Å². The van der Waals surface area contributed by atoms with Gasteiger partial charge < -0.3 is 10.2 Å². The van der Waals surface area contributed by atoms with E-state index in [0.717, 1.165) is 31.5 Å². The number of pyridine rings is 1. The molecule has 1 N–H and O–H groups in total. The molecule has 0 radical (unpaired) electrons. The van der Waals surface area contributed by atoms with Crippen LogP contribution in [-0.4, -0.2) is 41.3 Å². The summed E-state index contributed by atoms with van der Waals surface area (Å²) in [4.78, 5) is 31.0. The summed E-state index contributed by atoms with van der Waals surface area (Å²) in [5.41, 5.74) is 1.97. The second kappa shape index (κ2) is 9.00. The number of piperidine rings is 1. The standard InChI is InChI=1S/C21H24ClN3O2/c1-15-7-10-25(11-8-15)21(27)18-12-17(13-23-14-18)20(26)24-9-6-16-2-4-19(22)5-3-16/h2-5,12-15H,6-11H2,1H3,(H,24,26). The van der Waals surface area contributed by atoms with Gasteiger partial charge in [0, 0.05) is 37.1 Å². The predicted octanol–water partition coefficient (Wildman–Crippen LogP) is 3.58. The minimum atomic E-state index is -0.224. The van der Waals surface area contributed by atoms with Crippen LogP contribution in [0.15, 0.2) is 42.7 Å². The lowest BCUT2D eigenvalue weighted by atomic mass is 9.98. The third kappa shape index (κ3) is 5.30. The number of aromatic nitrogens is 1. The maximum Gasteiger partial charge on any atom is 0.255 e. The summed E-state index contributed by atoms with van der Waals surface area (Å²) in [7, 11) is 0. The molecule has 2 aromatic rings. The number of halogens is 1. The summed E-state index contributed by atoms with van der Waals surface area (Å²) >= 11 is 5.87. The molecule has 0 spiro atoms. The fourth-order valence-electron chi connectivity index (χ4n) is 3.15. The van der Waals surface area contributed by atoms with Gasteiger partial charge >= 0.3 is 0 Å². The van der Waals surface area contributed by atoms with Crippen LogP contribution >= 0.6 is 11.6 Å². The lowest BCUT2D eigenvalue weighted by Crippen LogP contribution is -2.38. The van der Waals surface area contributed by atoms with Crippen molar-refractivity contribution in [1.29, 1.82) is 0 Å². The second-order valence-corrected chi connectivity index (χ2v) is 7.51. The predicted molar refractivity (Wildman–Crippen MR) is 106 cm³/mol. The van der Waals surface area contributed by atoms with Crippen molar-refractivity contribution in [2.75, 3.05) is 19.6 Å². The Labute approximate surface area is 164 Å². The molecule has 2 heterocycles. The van der Waals surface area contributed by atoms with E-state index in [2.05, 4.69) is 17.2 Å². The van der Waals surface area contributed by atoms with Crippen molar-refractivity contribution in [1.82, 2.24) is 15.2 Å². The maximum absolute atomic E-state index is 12.7. The Bertz CT molecular complexity index is 799. The lowest BCUT2D eigenvalue weighted by molar-refractivity contribution is 0.0697. The van der Waals surface area contributed by atoms with E-state index in [1.54, 1.807) is 6.07 Å². The summed E-state index contributed by atoms with van der Waals surface area (Å²) in [5.74, 6) is 0.383. The van der Waals surface area contributed by atoms with Crippen molar-refractivity contribution in [3.63, 3.8) is 0 Å². The number of hydrogen-bond donors (Lipinski definition) is 1. The number of nitrogens with zero attached hydrogens (tertiary/aromatic N) is 2. The molecule has 1 aromatic heterocycles. The van der Waals surface area contributed by atoms with Crippen LogP contribution in [-0.2, 0) is 6.42 Å². The van der Waals surface area contributed by atoms with Gasteiger partial charge in [-0.3, -0.25) is 14.6 Å². The van der Waals surface area contributed by atoms with E-state index in [1.807, 2.05) is 29.2 Å². The Hall–Kier alpha value is -2.40. The molecule has 2 amide bonds. The number of carbonyl (C=O) groups is 2. The Morgan fingerprint density at radius 2 is 1.81 bits per heavy atom. The second-order valence-electron chi connectivity index (χ2n) is 7.07. The number of carbonyl (C=O) groups excluding carboxylic acids is 2. The molecule has 6 heteroatoms. The van der Waals surface area contributed by atoms with Crippen molar-refractivity contribution in [3.8, 4) is 0 Å². The number of amides is 2. The molecule has 1 aliphatic rings. The van der Waals surface area contributed by atoms with Gasteiger partial charge in [-0.25, -0.2) is 0 Å². The summed E-state index contributed by atoms with van der Waals surface area (Å²) in [5, 5.41) is 3.57. The van der Waals surface area contributed by atoms with Crippen molar-refractivity contribution >= 4 is 23.4 Å². The highest BCUT2D eigenvalue weighted by Crippen LogP contribution is 2.18. The van der Waals surface area contributed by atoms with Crippen LogP contribution in [0.5, 0.6) is 0 Å². The number of likely N-dealkylation sites (tertiary alicyclic amines) is 1. The summed E-state index contributed by atoms with van der Waals surface area (Å²) in [6.07, 6.45) is 5.77. The van der Waals surface area contributed by atoms with Gasteiger partial charge in [0.25, 0.3) is 11.8 Å². The SMILES string of the molecule is CC1CCN(C(=O)c2cncc(C(=O)NCCc3ccc(Cl)cc3)c2)CC1. The number of hydrogen-bond acceptors (Lipinski definition) is 3. The molecule has 0 bridgehead atoms. The first-order chi connectivity index (χ1) is 13.0. The Morgan fingerprint density at radius 1 is 1.15 bits per heavy atom. The van der Waals surface area contributed by atoms with Crippen LogP contribution in [0.1, 0.15) is 46.0 Å². The number of benzene rings is 1. The summed E-state index contributed by atoms with van der Waals surface area (Å²) in [6.45, 7) is 4.23. The quantitative estimate of drug-likeness (QED) is 0.855. The van der Waals surface area contributed by atoms with Crippen LogP contribution in [0, 0.1) is 5.92 Å². The van der Waals surface area contributed by atoms with Gasteiger partial charge in [-0.05, 0) is 48.9 Å². The molecule has 0 saturated carbocycles. The van der Waals surface area contributed by atoms with Gasteiger partial charge in [-0.15, -0.1) is 0 Å². The first-order valence-electron chi connectivity index (χ1n) is 9.30. The minimum absolute atomic E-state index is 0.0507. The molecule has 1 aliphatic heterocycles. The fraction of sp³-hybridized carbons (Fsp3) is 0.381. The van der Waals surface area contributed by atoms with Gasteiger partial charge in [0.05, 0.1) is 11.1 Å². The van der Waals surface area contributed by atoms with Crippen molar-refractivity contribution in [2.45, 2.75) is 26.2 Å². The fourth-order valence-corrected chi connectivity index (χ4v) is 3.27. The van der Waals surface area contributed by atoms with E-state index in [-0.39, 0.29) is 11.8 Å². The number of nitrogens with one attached hydrogen (secondary N) is 1. The van der Waals surface area contributed by atoms with Crippen LogP contribution in [0.3, 0.4) is 0 Å². The molecule has 1 aromatic carbocycles. The Balaban J connectivity index is 1.56. The molecule has 1 saturated heterocycles. The van der Waals surface area contributed by atoms with Crippen LogP contribution in [0.25, 0.3) is 0 Å². The molecule has 1 fully saturated rings. The van der Waals surface area contributed by atoms with E-state index < -0.39 is 0 Å².